The minimum absolute atomic E-state index is 0.0495. The van der Waals surface area contributed by atoms with Crippen LogP contribution in [0.15, 0.2) is 66.2 Å². The van der Waals surface area contributed by atoms with Gasteiger partial charge in [0, 0.05) is 5.56 Å². The van der Waals surface area contributed by atoms with Crippen LogP contribution < -0.4 is 5.43 Å². The van der Waals surface area contributed by atoms with Gasteiger partial charge in [-0.15, -0.1) is 0 Å². The van der Waals surface area contributed by atoms with Crippen LogP contribution >= 0.6 is 0 Å². The van der Waals surface area contributed by atoms with Crippen LogP contribution in [-0.2, 0) is 6.61 Å². The van der Waals surface area contributed by atoms with Crippen LogP contribution in [0.5, 0.6) is 5.75 Å². The smallest absolute Gasteiger partial charge is 0.168 e. The number of hydrogen-bond donors (Lipinski definition) is 3. The zero-order valence-electron chi connectivity index (χ0n) is 14.2. The minimum atomic E-state index is -0.244. The van der Waals surface area contributed by atoms with E-state index < -0.39 is 0 Å². The highest BCUT2D eigenvalue weighted by Crippen LogP contribution is 2.21. The van der Waals surface area contributed by atoms with Crippen molar-refractivity contribution in [2.75, 3.05) is 5.43 Å². The number of benzene rings is 2. The number of anilines is 1. The lowest BCUT2D eigenvalue weighted by molar-refractivity contribution is 0.275. The second kappa shape index (κ2) is 7.22. The lowest BCUT2D eigenvalue weighted by atomic mass is 10.1. The molecule has 8 heteroatoms. The number of aliphatic hydroxyl groups is 1. The van der Waals surface area contributed by atoms with Crippen molar-refractivity contribution < 1.29 is 10.2 Å². The third kappa shape index (κ3) is 3.33. The number of phenols is 1. The molecule has 0 saturated carbocycles. The van der Waals surface area contributed by atoms with Gasteiger partial charge in [0.1, 0.15) is 12.1 Å². The quantitative estimate of drug-likeness (QED) is 0.373. The molecule has 2 heterocycles. The summed E-state index contributed by atoms with van der Waals surface area (Å²) in [5.41, 5.74) is 5.63. The predicted molar refractivity (Wildman–Crippen MR) is 102 cm³/mol. The monoisotopic (exact) mass is 360 g/mol. The first-order valence-electron chi connectivity index (χ1n) is 8.22. The molecule has 0 radical (unpaired) electrons. The summed E-state index contributed by atoms with van der Waals surface area (Å²) >= 11 is 0. The molecule has 2 aromatic carbocycles. The van der Waals surface area contributed by atoms with Gasteiger partial charge in [-0.2, -0.15) is 10.2 Å². The van der Waals surface area contributed by atoms with Crippen LogP contribution in [0.25, 0.3) is 16.7 Å². The molecule has 0 fully saturated rings. The molecule has 0 bridgehead atoms. The number of aromatic hydroxyl groups is 1. The predicted octanol–water partition coefficient (Wildman–Crippen LogP) is 2.46. The minimum Gasteiger partial charge on any atom is -0.508 e. The van der Waals surface area contributed by atoms with E-state index in [2.05, 4.69) is 25.6 Å². The molecule has 0 unspecified atom stereocenters. The van der Waals surface area contributed by atoms with Gasteiger partial charge in [0.15, 0.2) is 11.5 Å². The molecule has 3 N–H and O–H groups in total. The number of para-hydroxylation sites is 1. The van der Waals surface area contributed by atoms with Crippen LogP contribution in [0.2, 0.25) is 0 Å². The van der Waals surface area contributed by atoms with E-state index in [1.54, 1.807) is 29.2 Å². The number of rotatable bonds is 5. The molecule has 4 rings (SSSR count). The third-order valence-electron chi connectivity index (χ3n) is 4.02. The summed E-state index contributed by atoms with van der Waals surface area (Å²) in [6.07, 6.45) is 4.71. The highest BCUT2D eigenvalue weighted by atomic mass is 16.3. The Morgan fingerprint density at radius 1 is 1.11 bits per heavy atom. The Morgan fingerprint density at radius 3 is 2.78 bits per heavy atom. The van der Waals surface area contributed by atoms with Crippen LogP contribution in [0, 0.1) is 0 Å². The van der Waals surface area contributed by atoms with Crippen LogP contribution in [0.3, 0.4) is 0 Å². The van der Waals surface area contributed by atoms with E-state index in [0.29, 0.717) is 17.0 Å². The van der Waals surface area contributed by atoms with Gasteiger partial charge in [-0.05, 0) is 35.9 Å². The number of aliphatic hydroxyl groups excluding tert-OH is 1. The van der Waals surface area contributed by atoms with Gasteiger partial charge in [-0.3, -0.25) is 5.43 Å². The van der Waals surface area contributed by atoms with E-state index in [-0.39, 0.29) is 12.4 Å². The summed E-state index contributed by atoms with van der Waals surface area (Å²) in [5.74, 6) is 0.577. The van der Waals surface area contributed by atoms with Gasteiger partial charge < -0.3 is 10.2 Å². The van der Waals surface area contributed by atoms with E-state index in [1.807, 2.05) is 30.3 Å². The van der Waals surface area contributed by atoms with Gasteiger partial charge >= 0.3 is 0 Å². The molecule has 0 atom stereocenters. The van der Waals surface area contributed by atoms with Crippen molar-refractivity contribution in [1.29, 1.82) is 0 Å². The standard InChI is InChI=1S/C19H16N6O2/c26-11-14-8-13(6-7-17(14)27)9-22-24-18-16-10-23-25(19(16)21-12-20-18)15-4-2-1-3-5-15/h1-10,12,26-27H,11H2,(H,20,21,24)/b22-9+. The molecular formula is C19H16N6O2. The maximum atomic E-state index is 9.61. The van der Waals surface area contributed by atoms with E-state index in [9.17, 15) is 10.2 Å². The Hall–Kier alpha value is -3.78. The lowest BCUT2D eigenvalue weighted by Gasteiger charge is -2.04. The lowest BCUT2D eigenvalue weighted by Crippen LogP contribution is -1.99. The second-order valence-corrected chi connectivity index (χ2v) is 5.77. The molecule has 0 aliphatic carbocycles. The SMILES string of the molecule is OCc1cc(/C=N/Nc2ncnc3c2cnn3-c2ccccc2)ccc1O. The first-order valence-corrected chi connectivity index (χ1v) is 8.22. The third-order valence-corrected chi connectivity index (χ3v) is 4.02. The Kier molecular flexibility index (Phi) is 4.46. The van der Waals surface area contributed by atoms with Gasteiger partial charge in [0.25, 0.3) is 0 Å². The maximum Gasteiger partial charge on any atom is 0.168 e. The van der Waals surface area contributed by atoms with Crippen molar-refractivity contribution in [3.05, 3.63) is 72.2 Å². The topological polar surface area (TPSA) is 108 Å². The second-order valence-electron chi connectivity index (χ2n) is 5.77. The number of nitrogens with one attached hydrogen (secondary N) is 1. The Morgan fingerprint density at radius 2 is 1.96 bits per heavy atom. The van der Waals surface area contributed by atoms with Crippen molar-refractivity contribution in [3.8, 4) is 11.4 Å². The summed E-state index contributed by atoms with van der Waals surface area (Å²) in [4.78, 5) is 8.54. The fraction of sp³-hybridized carbons (Fsp3) is 0.0526. The maximum absolute atomic E-state index is 9.61. The average Bonchev–Trinajstić information content (AvgIpc) is 3.15. The number of hydrogen-bond acceptors (Lipinski definition) is 7. The fourth-order valence-electron chi connectivity index (χ4n) is 2.67. The van der Waals surface area contributed by atoms with Gasteiger partial charge in [-0.1, -0.05) is 18.2 Å². The molecule has 0 aliphatic heterocycles. The van der Waals surface area contributed by atoms with Gasteiger partial charge in [0.2, 0.25) is 0 Å². The molecule has 134 valence electrons. The van der Waals surface area contributed by atoms with Crippen molar-refractivity contribution in [1.82, 2.24) is 19.7 Å². The highest BCUT2D eigenvalue weighted by Gasteiger charge is 2.10. The average molecular weight is 360 g/mol. The van der Waals surface area contributed by atoms with E-state index in [0.717, 1.165) is 16.6 Å². The van der Waals surface area contributed by atoms with Gasteiger partial charge in [0.05, 0.1) is 30.1 Å². The largest absolute Gasteiger partial charge is 0.508 e. The van der Waals surface area contributed by atoms with E-state index >= 15 is 0 Å². The summed E-state index contributed by atoms with van der Waals surface area (Å²) in [6.45, 7) is -0.244. The summed E-state index contributed by atoms with van der Waals surface area (Å²) in [6, 6.07) is 14.6. The number of aromatic nitrogens is 4. The molecular weight excluding hydrogens is 344 g/mol. The van der Waals surface area contributed by atoms with Crippen molar-refractivity contribution in [3.63, 3.8) is 0 Å². The fourth-order valence-corrected chi connectivity index (χ4v) is 2.67. The van der Waals surface area contributed by atoms with E-state index in [1.165, 1.54) is 12.4 Å². The van der Waals surface area contributed by atoms with Crippen LogP contribution in [-0.4, -0.2) is 36.2 Å². The molecule has 8 nitrogen and oxygen atoms in total. The van der Waals surface area contributed by atoms with Crippen molar-refractivity contribution >= 4 is 23.1 Å². The van der Waals surface area contributed by atoms with Crippen LogP contribution in [0.1, 0.15) is 11.1 Å². The number of fused-ring (bicyclic) bond motifs is 1. The van der Waals surface area contributed by atoms with Crippen molar-refractivity contribution in [2.45, 2.75) is 6.61 Å². The zero-order chi connectivity index (χ0) is 18.6. The molecule has 27 heavy (non-hydrogen) atoms. The van der Waals surface area contributed by atoms with E-state index in [4.69, 9.17) is 0 Å². The Balaban J connectivity index is 1.61. The van der Waals surface area contributed by atoms with Crippen molar-refractivity contribution in [2.24, 2.45) is 5.10 Å². The molecule has 0 saturated heterocycles. The molecule has 0 spiro atoms. The number of nitrogens with zero attached hydrogens (tertiary/aromatic N) is 5. The molecule has 2 aromatic heterocycles. The summed E-state index contributed by atoms with van der Waals surface area (Å²) < 4.78 is 1.74. The highest BCUT2D eigenvalue weighted by molar-refractivity contribution is 5.88. The van der Waals surface area contributed by atoms with Gasteiger partial charge in [-0.25, -0.2) is 14.6 Å². The molecule has 0 amide bonds. The normalized spacial score (nSPS) is 11.3. The zero-order valence-corrected chi connectivity index (χ0v) is 14.2. The molecule has 0 aliphatic rings. The summed E-state index contributed by atoms with van der Waals surface area (Å²) in [5, 5.41) is 28.1. The molecule has 4 aromatic rings. The summed E-state index contributed by atoms with van der Waals surface area (Å²) in [7, 11) is 0. The Labute approximate surface area is 154 Å². The Bertz CT molecular complexity index is 1110. The number of hydrazone groups is 1. The van der Waals surface area contributed by atoms with Crippen LogP contribution in [0.4, 0.5) is 5.82 Å². The first-order chi connectivity index (χ1) is 13.3. The first kappa shape index (κ1) is 16.7.